The molecule has 5 nitrogen and oxygen atoms in total. The van der Waals surface area contributed by atoms with E-state index in [1.54, 1.807) is 40.3 Å². The van der Waals surface area contributed by atoms with Gasteiger partial charge in [0.05, 0.1) is 10.1 Å². The molecule has 2 aromatic carbocycles. The summed E-state index contributed by atoms with van der Waals surface area (Å²) in [7, 11) is -3.47. The summed E-state index contributed by atoms with van der Waals surface area (Å²) in [5, 5.41) is 2.67. The van der Waals surface area contributed by atoms with Gasteiger partial charge in [0, 0.05) is 24.5 Å². The first kappa shape index (κ1) is 21.9. The lowest BCUT2D eigenvalue weighted by molar-refractivity contribution is -0.115. The van der Waals surface area contributed by atoms with Crippen molar-refractivity contribution >= 4 is 33.4 Å². The van der Waals surface area contributed by atoms with Crippen LogP contribution in [0.4, 0.5) is 5.69 Å². The molecule has 3 rings (SSSR count). The molecule has 0 aromatic heterocycles. The highest BCUT2D eigenvalue weighted by atomic mass is 32.2. The van der Waals surface area contributed by atoms with Crippen molar-refractivity contribution in [2.24, 2.45) is 0 Å². The minimum Gasteiger partial charge on any atom is -0.325 e. The van der Waals surface area contributed by atoms with Crippen molar-refractivity contribution in [2.75, 3.05) is 18.4 Å². The fourth-order valence-electron chi connectivity index (χ4n) is 3.26. The molecule has 0 aliphatic carbocycles. The van der Waals surface area contributed by atoms with Gasteiger partial charge in [-0.25, -0.2) is 8.42 Å². The largest absolute Gasteiger partial charge is 0.325 e. The number of carbonyl (C=O) groups excluding carboxylic acids is 1. The van der Waals surface area contributed by atoms with Gasteiger partial charge in [-0.3, -0.25) is 4.79 Å². The summed E-state index contributed by atoms with van der Waals surface area (Å²) in [6.45, 7) is 3.04. The topological polar surface area (TPSA) is 66.5 Å². The summed E-state index contributed by atoms with van der Waals surface area (Å²) < 4.78 is 27.3. The number of carbonyl (C=O) groups is 1. The number of anilines is 1. The maximum absolute atomic E-state index is 12.8. The van der Waals surface area contributed by atoms with Gasteiger partial charge >= 0.3 is 0 Å². The van der Waals surface area contributed by atoms with E-state index in [1.807, 2.05) is 37.3 Å². The first-order valence-electron chi connectivity index (χ1n) is 10.0. The molecule has 1 amide bonds. The van der Waals surface area contributed by atoms with Crippen molar-refractivity contribution in [3.63, 3.8) is 0 Å². The van der Waals surface area contributed by atoms with Crippen molar-refractivity contribution in [3.05, 3.63) is 60.2 Å². The molecule has 29 heavy (non-hydrogen) atoms. The molecular formula is C22H28N2O3S2. The highest BCUT2D eigenvalue weighted by Crippen LogP contribution is 2.23. The second-order valence-corrected chi connectivity index (χ2v) is 10.5. The molecule has 1 atom stereocenters. The maximum Gasteiger partial charge on any atom is 0.243 e. The van der Waals surface area contributed by atoms with Crippen LogP contribution >= 0.6 is 11.8 Å². The molecule has 1 aliphatic heterocycles. The van der Waals surface area contributed by atoms with Crippen LogP contribution in [0.1, 0.15) is 38.2 Å². The van der Waals surface area contributed by atoms with Gasteiger partial charge in [-0.2, -0.15) is 4.31 Å². The number of amides is 1. The van der Waals surface area contributed by atoms with E-state index < -0.39 is 10.0 Å². The van der Waals surface area contributed by atoms with Crippen LogP contribution in [-0.2, 0) is 20.6 Å². The smallest absolute Gasteiger partial charge is 0.243 e. The third kappa shape index (κ3) is 6.07. The first-order valence-corrected chi connectivity index (χ1v) is 12.5. The summed E-state index contributed by atoms with van der Waals surface area (Å²) in [6.07, 6.45) is 3.98. The second kappa shape index (κ2) is 10.3. The molecule has 0 spiro atoms. The Hall–Kier alpha value is -1.83. The van der Waals surface area contributed by atoms with Crippen LogP contribution < -0.4 is 5.32 Å². The standard InChI is InChI=1S/C22H28N2O3S2/c1-18(28-17-19-9-5-4-6-10-19)22(25)23-20-11-13-21(14-12-20)29(26,27)24-15-7-2-3-8-16-24/h4-6,9-14,18H,2-3,7-8,15-17H2,1H3,(H,23,25)/t18-/m0/s1. The van der Waals surface area contributed by atoms with Crippen molar-refractivity contribution in [1.82, 2.24) is 4.31 Å². The Kier molecular flexibility index (Phi) is 7.75. The Labute approximate surface area is 177 Å². The molecule has 1 aliphatic rings. The van der Waals surface area contributed by atoms with Crippen molar-refractivity contribution in [3.8, 4) is 0 Å². The van der Waals surface area contributed by atoms with Crippen LogP contribution in [0.2, 0.25) is 0 Å². The minimum atomic E-state index is -3.47. The molecule has 0 bridgehead atoms. The molecule has 1 N–H and O–H groups in total. The van der Waals surface area contributed by atoms with E-state index in [-0.39, 0.29) is 16.1 Å². The lowest BCUT2D eigenvalue weighted by Crippen LogP contribution is -2.31. The van der Waals surface area contributed by atoms with Crippen molar-refractivity contribution in [2.45, 2.75) is 48.5 Å². The van der Waals surface area contributed by atoms with Crippen LogP contribution in [0.15, 0.2) is 59.5 Å². The summed E-state index contributed by atoms with van der Waals surface area (Å²) in [5.41, 5.74) is 1.79. The Balaban J connectivity index is 1.57. The third-order valence-electron chi connectivity index (χ3n) is 5.04. The number of thioether (sulfide) groups is 1. The molecule has 156 valence electrons. The molecule has 1 fully saturated rings. The molecule has 2 aromatic rings. The average molecular weight is 433 g/mol. The van der Waals surface area contributed by atoms with E-state index >= 15 is 0 Å². The van der Waals surface area contributed by atoms with Crippen LogP contribution in [0.5, 0.6) is 0 Å². The predicted molar refractivity (Wildman–Crippen MR) is 119 cm³/mol. The van der Waals surface area contributed by atoms with Gasteiger partial charge in [0.2, 0.25) is 15.9 Å². The fraction of sp³-hybridized carbons (Fsp3) is 0.409. The van der Waals surface area contributed by atoms with Gasteiger partial charge in [0.1, 0.15) is 0 Å². The Morgan fingerprint density at radius 1 is 1.00 bits per heavy atom. The maximum atomic E-state index is 12.8. The zero-order valence-electron chi connectivity index (χ0n) is 16.7. The lowest BCUT2D eigenvalue weighted by Gasteiger charge is -2.20. The van der Waals surface area contributed by atoms with Crippen molar-refractivity contribution in [1.29, 1.82) is 0 Å². The Morgan fingerprint density at radius 3 is 2.24 bits per heavy atom. The zero-order valence-corrected chi connectivity index (χ0v) is 18.3. The van der Waals surface area contributed by atoms with Gasteiger partial charge in [0.25, 0.3) is 0 Å². The van der Waals surface area contributed by atoms with Gasteiger partial charge in [-0.15, -0.1) is 11.8 Å². The van der Waals surface area contributed by atoms with Crippen LogP contribution in [-0.4, -0.2) is 37.0 Å². The highest BCUT2D eigenvalue weighted by Gasteiger charge is 2.25. The van der Waals surface area contributed by atoms with E-state index in [1.165, 1.54) is 5.56 Å². The number of nitrogens with zero attached hydrogens (tertiary/aromatic N) is 1. The molecule has 0 unspecified atom stereocenters. The van der Waals surface area contributed by atoms with Crippen molar-refractivity contribution < 1.29 is 13.2 Å². The average Bonchev–Trinajstić information content (AvgIpc) is 3.03. The fourth-order valence-corrected chi connectivity index (χ4v) is 5.62. The van der Waals surface area contributed by atoms with Crippen LogP contribution in [0.3, 0.4) is 0 Å². The second-order valence-electron chi connectivity index (χ2n) is 7.27. The molecule has 0 saturated carbocycles. The first-order chi connectivity index (χ1) is 14.0. The quantitative estimate of drug-likeness (QED) is 0.699. The van der Waals surface area contributed by atoms with E-state index in [9.17, 15) is 13.2 Å². The number of nitrogens with one attached hydrogen (secondary N) is 1. The highest BCUT2D eigenvalue weighted by molar-refractivity contribution is 7.99. The van der Waals surface area contributed by atoms with E-state index in [2.05, 4.69) is 5.32 Å². The van der Waals surface area contributed by atoms with Gasteiger partial charge in [-0.1, -0.05) is 43.2 Å². The molecule has 1 heterocycles. The number of sulfonamides is 1. The summed E-state index contributed by atoms with van der Waals surface area (Å²) in [4.78, 5) is 12.7. The monoisotopic (exact) mass is 432 g/mol. The molecular weight excluding hydrogens is 404 g/mol. The number of hydrogen-bond donors (Lipinski definition) is 1. The van der Waals surface area contributed by atoms with Crippen LogP contribution in [0, 0.1) is 0 Å². The van der Waals surface area contributed by atoms with E-state index in [0.717, 1.165) is 31.4 Å². The molecule has 1 saturated heterocycles. The molecule has 0 radical (unpaired) electrons. The van der Waals surface area contributed by atoms with Crippen LogP contribution in [0.25, 0.3) is 0 Å². The SMILES string of the molecule is C[C@H](SCc1ccccc1)C(=O)Nc1ccc(S(=O)(=O)N2CCCCCC2)cc1. The van der Waals surface area contributed by atoms with Gasteiger partial charge in [0.15, 0.2) is 0 Å². The number of rotatable bonds is 7. The third-order valence-corrected chi connectivity index (χ3v) is 8.16. The molecule has 7 heteroatoms. The normalized spacial score (nSPS) is 16.7. The summed E-state index contributed by atoms with van der Waals surface area (Å²) >= 11 is 1.57. The lowest BCUT2D eigenvalue weighted by atomic mass is 10.2. The number of benzene rings is 2. The predicted octanol–water partition coefficient (Wildman–Crippen LogP) is 4.51. The van der Waals surface area contributed by atoms with Gasteiger partial charge < -0.3 is 5.32 Å². The minimum absolute atomic E-state index is 0.0888. The Bertz CT molecular complexity index is 891. The van der Waals surface area contributed by atoms with Gasteiger partial charge in [-0.05, 0) is 49.6 Å². The zero-order chi connectivity index (χ0) is 20.7. The van der Waals surface area contributed by atoms with E-state index in [0.29, 0.717) is 18.8 Å². The summed E-state index contributed by atoms with van der Waals surface area (Å²) in [5.74, 6) is 0.677. The Morgan fingerprint density at radius 2 is 1.62 bits per heavy atom. The summed E-state index contributed by atoms with van der Waals surface area (Å²) in [6, 6.07) is 16.5. The number of hydrogen-bond acceptors (Lipinski definition) is 4. The van der Waals surface area contributed by atoms with E-state index in [4.69, 9.17) is 0 Å².